The molecule has 1 aliphatic heterocycles. The fourth-order valence-corrected chi connectivity index (χ4v) is 2.46. The van der Waals surface area contributed by atoms with Crippen LogP contribution in [0.25, 0.3) is 0 Å². The first-order valence-corrected chi connectivity index (χ1v) is 6.44. The van der Waals surface area contributed by atoms with Crippen molar-refractivity contribution < 1.29 is 4.79 Å². The van der Waals surface area contributed by atoms with Gasteiger partial charge in [-0.1, -0.05) is 0 Å². The Morgan fingerprint density at radius 3 is 2.44 bits per heavy atom. The molecule has 1 fully saturated rings. The van der Waals surface area contributed by atoms with Crippen LogP contribution < -0.4 is 0 Å². The summed E-state index contributed by atoms with van der Waals surface area (Å²) in [5, 5.41) is 0. The van der Waals surface area contributed by atoms with Gasteiger partial charge in [0.15, 0.2) is 0 Å². The van der Waals surface area contributed by atoms with Crippen LogP contribution in [0.3, 0.4) is 0 Å². The van der Waals surface area contributed by atoms with Gasteiger partial charge in [0.05, 0.1) is 0 Å². The highest BCUT2D eigenvalue weighted by atomic mass is 16.1. The summed E-state index contributed by atoms with van der Waals surface area (Å²) in [6.45, 7) is 6.45. The van der Waals surface area contributed by atoms with Gasteiger partial charge in [0.1, 0.15) is 5.78 Å². The maximum atomic E-state index is 10.8. The van der Waals surface area contributed by atoms with E-state index in [1.54, 1.807) is 6.92 Å². The van der Waals surface area contributed by atoms with Gasteiger partial charge in [-0.05, 0) is 65.8 Å². The molecular formula is C13H26N2O. The quantitative estimate of drug-likeness (QED) is 0.688. The molecule has 0 amide bonds. The van der Waals surface area contributed by atoms with E-state index in [9.17, 15) is 4.79 Å². The summed E-state index contributed by atoms with van der Waals surface area (Å²) >= 11 is 0. The van der Waals surface area contributed by atoms with E-state index < -0.39 is 0 Å². The maximum Gasteiger partial charge on any atom is 0.129 e. The molecule has 0 aromatic carbocycles. The average Bonchev–Trinajstić information content (AvgIpc) is 2.19. The molecule has 0 atom stereocenters. The van der Waals surface area contributed by atoms with Gasteiger partial charge in [-0.25, -0.2) is 0 Å². The zero-order chi connectivity index (χ0) is 12.0. The van der Waals surface area contributed by atoms with Crippen molar-refractivity contribution >= 4 is 5.78 Å². The lowest BCUT2D eigenvalue weighted by Gasteiger charge is -2.33. The zero-order valence-corrected chi connectivity index (χ0v) is 11.0. The Bertz CT molecular complexity index is 208. The van der Waals surface area contributed by atoms with Crippen LogP contribution in [0.1, 0.15) is 32.6 Å². The molecule has 0 radical (unpaired) electrons. The first-order chi connectivity index (χ1) is 7.58. The normalized spacial score (nSPS) is 19.2. The molecule has 0 N–H and O–H groups in total. The fourth-order valence-electron chi connectivity index (χ4n) is 2.46. The van der Waals surface area contributed by atoms with E-state index >= 15 is 0 Å². The van der Waals surface area contributed by atoms with E-state index in [0.717, 1.165) is 25.3 Å². The van der Waals surface area contributed by atoms with Crippen molar-refractivity contribution in [3.8, 4) is 0 Å². The molecule has 0 aliphatic carbocycles. The predicted octanol–water partition coefficient (Wildman–Crippen LogP) is 1.63. The maximum absolute atomic E-state index is 10.8. The minimum atomic E-state index is 0.322. The molecule has 3 nitrogen and oxygen atoms in total. The van der Waals surface area contributed by atoms with Crippen molar-refractivity contribution in [3.05, 3.63) is 0 Å². The number of rotatable bonds is 6. The van der Waals surface area contributed by atoms with Crippen LogP contribution in [0.5, 0.6) is 0 Å². The minimum absolute atomic E-state index is 0.322. The minimum Gasteiger partial charge on any atom is -0.309 e. The first kappa shape index (κ1) is 13.7. The van der Waals surface area contributed by atoms with E-state index in [-0.39, 0.29) is 0 Å². The summed E-state index contributed by atoms with van der Waals surface area (Å²) in [6.07, 6.45) is 4.42. The standard InChI is InChI=1S/C13H26N2O/c1-12(16)5-4-8-15-9-6-13(7-10-15)11-14(2)3/h13H,4-11H2,1-3H3. The average molecular weight is 226 g/mol. The molecule has 1 saturated heterocycles. The number of likely N-dealkylation sites (tertiary alicyclic amines) is 1. The van der Waals surface area contributed by atoms with Crippen LogP contribution >= 0.6 is 0 Å². The largest absolute Gasteiger partial charge is 0.309 e. The van der Waals surface area contributed by atoms with Crippen molar-refractivity contribution in [2.75, 3.05) is 40.3 Å². The Morgan fingerprint density at radius 2 is 1.94 bits per heavy atom. The summed E-state index contributed by atoms with van der Waals surface area (Å²) < 4.78 is 0. The molecule has 0 unspecified atom stereocenters. The number of Topliss-reactive ketones (excluding diaryl/α,β-unsaturated/α-hetero) is 1. The summed E-state index contributed by atoms with van der Waals surface area (Å²) in [7, 11) is 4.30. The molecular weight excluding hydrogens is 200 g/mol. The monoisotopic (exact) mass is 226 g/mol. The zero-order valence-electron chi connectivity index (χ0n) is 11.0. The second-order valence-corrected chi connectivity index (χ2v) is 5.35. The van der Waals surface area contributed by atoms with Gasteiger partial charge in [-0.15, -0.1) is 0 Å². The van der Waals surface area contributed by atoms with Gasteiger partial charge < -0.3 is 14.6 Å². The highest BCUT2D eigenvalue weighted by Gasteiger charge is 2.19. The summed E-state index contributed by atoms with van der Waals surface area (Å²) in [5.74, 6) is 1.20. The highest BCUT2D eigenvalue weighted by Crippen LogP contribution is 2.17. The summed E-state index contributed by atoms with van der Waals surface area (Å²) in [4.78, 5) is 15.6. The van der Waals surface area contributed by atoms with Crippen molar-refractivity contribution in [3.63, 3.8) is 0 Å². The lowest BCUT2D eigenvalue weighted by Crippen LogP contribution is -2.37. The molecule has 16 heavy (non-hydrogen) atoms. The molecule has 1 rings (SSSR count). The van der Waals surface area contributed by atoms with E-state index in [0.29, 0.717) is 5.78 Å². The molecule has 0 aromatic heterocycles. The van der Waals surface area contributed by atoms with Crippen LogP contribution in [0, 0.1) is 5.92 Å². The smallest absolute Gasteiger partial charge is 0.129 e. The molecule has 1 aliphatic rings. The van der Waals surface area contributed by atoms with Gasteiger partial charge in [0.2, 0.25) is 0 Å². The number of ketones is 1. The third-order valence-corrected chi connectivity index (χ3v) is 3.33. The van der Waals surface area contributed by atoms with Crippen LogP contribution in [-0.2, 0) is 4.79 Å². The Labute approximate surface area is 99.8 Å². The number of hydrogen-bond donors (Lipinski definition) is 0. The highest BCUT2D eigenvalue weighted by molar-refractivity contribution is 5.75. The van der Waals surface area contributed by atoms with Gasteiger partial charge >= 0.3 is 0 Å². The topological polar surface area (TPSA) is 23.6 Å². The second-order valence-electron chi connectivity index (χ2n) is 5.35. The number of hydrogen-bond acceptors (Lipinski definition) is 3. The molecule has 3 heteroatoms. The van der Waals surface area contributed by atoms with Crippen LogP contribution in [0.4, 0.5) is 0 Å². The number of carbonyl (C=O) groups excluding carboxylic acids is 1. The van der Waals surface area contributed by atoms with Gasteiger partial charge in [0, 0.05) is 13.0 Å². The third kappa shape index (κ3) is 5.61. The van der Waals surface area contributed by atoms with E-state index in [2.05, 4.69) is 23.9 Å². The lowest BCUT2D eigenvalue weighted by atomic mass is 9.96. The Morgan fingerprint density at radius 1 is 1.31 bits per heavy atom. The van der Waals surface area contributed by atoms with Crippen molar-refractivity contribution in [2.45, 2.75) is 32.6 Å². The Hall–Kier alpha value is -0.410. The van der Waals surface area contributed by atoms with Crippen LogP contribution in [0.15, 0.2) is 0 Å². The summed E-state index contributed by atoms with van der Waals surface area (Å²) in [6, 6.07) is 0. The molecule has 0 spiro atoms. The van der Waals surface area contributed by atoms with E-state index in [1.165, 1.54) is 32.5 Å². The third-order valence-electron chi connectivity index (χ3n) is 3.33. The SMILES string of the molecule is CC(=O)CCCN1CCC(CN(C)C)CC1. The van der Waals surface area contributed by atoms with Crippen LogP contribution in [-0.4, -0.2) is 55.9 Å². The van der Waals surface area contributed by atoms with E-state index in [4.69, 9.17) is 0 Å². The van der Waals surface area contributed by atoms with Crippen molar-refractivity contribution in [1.29, 1.82) is 0 Å². The lowest BCUT2D eigenvalue weighted by molar-refractivity contribution is -0.117. The first-order valence-electron chi connectivity index (χ1n) is 6.44. The fraction of sp³-hybridized carbons (Fsp3) is 0.923. The molecule has 0 aromatic rings. The van der Waals surface area contributed by atoms with Crippen molar-refractivity contribution in [1.82, 2.24) is 9.80 Å². The number of piperidine rings is 1. The van der Waals surface area contributed by atoms with E-state index in [1.807, 2.05) is 0 Å². The Balaban J connectivity index is 2.09. The number of carbonyl (C=O) groups is 1. The number of nitrogens with zero attached hydrogens (tertiary/aromatic N) is 2. The molecule has 1 heterocycles. The van der Waals surface area contributed by atoms with Gasteiger partial charge in [0.25, 0.3) is 0 Å². The molecule has 94 valence electrons. The Kier molecular flexibility index (Phi) is 5.99. The van der Waals surface area contributed by atoms with Crippen molar-refractivity contribution in [2.24, 2.45) is 5.92 Å². The predicted molar refractivity (Wildman–Crippen MR) is 67.6 cm³/mol. The van der Waals surface area contributed by atoms with Crippen LogP contribution in [0.2, 0.25) is 0 Å². The van der Waals surface area contributed by atoms with Gasteiger partial charge in [-0.2, -0.15) is 0 Å². The summed E-state index contributed by atoms with van der Waals surface area (Å²) in [5.41, 5.74) is 0. The molecule has 0 saturated carbocycles. The second kappa shape index (κ2) is 7.02. The van der Waals surface area contributed by atoms with Gasteiger partial charge in [-0.3, -0.25) is 0 Å². The molecule has 0 bridgehead atoms.